The summed E-state index contributed by atoms with van der Waals surface area (Å²) in [5.74, 6) is -1.52. The fourth-order valence-electron chi connectivity index (χ4n) is 1.68. The maximum atomic E-state index is 14.8. The molecule has 0 aliphatic carbocycles. The molecule has 0 spiro atoms. The van der Waals surface area contributed by atoms with Gasteiger partial charge in [-0.3, -0.25) is 0 Å². The molecule has 1 N–H and O–H groups in total. The van der Waals surface area contributed by atoms with Crippen LogP contribution < -0.4 is 5.32 Å². The van der Waals surface area contributed by atoms with Gasteiger partial charge in [0, 0.05) is 5.41 Å². The van der Waals surface area contributed by atoms with Crippen LogP contribution >= 0.6 is 0 Å². The van der Waals surface area contributed by atoms with Crippen LogP contribution in [0.2, 0.25) is 0 Å². The van der Waals surface area contributed by atoms with E-state index in [1.807, 2.05) is 63.3 Å². The Morgan fingerprint density at radius 1 is 1.06 bits per heavy atom. The van der Waals surface area contributed by atoms with Crippen molar-refractivity contribution in [2.45, 2.75) is 38.9 Å². The van der Waals surface area contributed by atoms with Gasteiger partial charge in [0.2, 0.25) is 0 Å². The molecule has 0 aromatic heterocycles. The van der Waals surface area contributed by atoms with Crippen LogP contribution in [0, 0.1) is 0 Å². The van der Waals surface area contributed by atoms with E-state index in [0.29, 0.717) is 0 Å². The van der Waals surface area contributed by atoms with E-state index in [1.165, 1.54) is 0 Å². The highest BCUT2D eigenvalue weighted by atomic mass is 19.1. The van der Waals surface area contributed by atoms with Gasteiger partial charge in [0.1, 0.15) is 0 Å². The summed E-state index contributed by atoms with van der Waals surface area (Å²) in [6.07, 6.45) is 7.19. The Labute approximate surface area is 109 Å². The molecule has 0 unspecified atom stereocenters. The molecule has 1 atom stereocenters. The van der Waals surface area contributed by atoms with Crippen molar-refractivity contribution in [3.8, 4) is 0 Å². The smallest absolute Gasteiger partial charge is 0.186 e. The molecule has 18 heavy (non-hydrogen) atoms. The number of halogens is 1. The predicted molar refractivity (Wildman–Crippen MR) is 76.1 cm³/mol. The highest BCUT2D eigenvalue weighted by Crippen LogP contribution is 2.35. The van der Waals surface area contributed by atoms with Gasteiger partial charge in [0.05, 0.1) is 0 Å². The maximum absolute atomic E-state index is 14.8. The molecule has 1 aromatic carbocycles. The number of nitrogens with one attached hydrogen (secondary N) is 1. The normalized spacial score (nSPS) is 16.1. The molecule has 0 heterocycles. The van der Waals surface area contributed by atoms with Gasteiger partial charge in [-0.25, -0.2) is 4.39 Å². The number of allylic oxidation sites excluding steroid dienone is 3. The van der Waals surface area contributed by atoms with E-state index >= 15 is 0 Å². The summed E-state index contributed by atoms with van der Waals surface area (Å²) in [6.45, 7) is 7.30. The molecule has 0 aliphatic heterocycles. The van der Waals surface area contributed by atoms with E-state index < -0.39 is 11.2 Å². The first-order valence-electron chi connectivity index (χ1n) is 6.22. The fourth-order valence-corrected chi connectivity index (χ4v) is 1.68. The first-order chi connectivity index (χ1) is 8.42. The molecule has 0 saturated heterocycles. The lowest BCUT2D eigenvalue weighted by molar-refractivity contribution is 0.0683. The lowest BCUT2D eigenvalue weighted by Crippen LogP contribution is -2.50. The van der Waals surface area contributed by atoms with Crippen LogP contribution in [0.1, 0.15) is 33.3 Å². The van der Waals surface area contributed by atoms with Gasteiger partial charge < -0.3 is 5.32 Å². The maximum Gasteiger partial charge on any atom is 0.186 e. The average molecular weight is 247 g/mol. The number of hydrogen-bond donors (Lipinski definition) is 1. The number of benzene rings is 1. The van der Waals surface area contributed by atoms with Crippen LogP contribution in [-0.2, 0) is 5.41 Å². The molecular formula is C16H22FN. The van der Waals surface area contributed by atoms with Crippen molar-refractivity contribution in [1.29, 1.82) is 0 Å². The Morgan fingerprint density at radius 2 is 1.67 bits per heavy atom. The van der Waals surface area contributed by atoms with Crippen LogP contribution in [0.3, 0.4) is 0 Å². The Kier molecular flexibility index (Phi) is 4.71. The quantitative estimate of drug-likeness (QED) is 0.603. The van der Waals surface area contributed by atoms with Gasteiger partial charge in [-0.05, 0) is 31.7 Å². The SMILES string of the molecule is C/C=C\C=C/N[C@](C)(F)C(C)(C)c1ccccc1. The highest BCUT2D eigenvalue weighted by Gasteiger charge is 2.42. The molecule has 98 valence electrons. The summed E-state index contributed by atoms with van der Waals surface area (Å²) in [7, 11) is 0. The average Bonchev–Trinajstić information content (AvgIpc) is 2.35. The molecule has 0 aliphatic rings. The largest absolute Gasteiger partial charge is 0.359 e. The van der Waals surface area contributed by atoms with Gasteiger partial charge in [-0.1, -0.05) is 56.3 Å². The molecule has 0 saturated carbocycles. The third kappa shape index (κ3) is 3.22. The second kappa shape index (κ2) is 5.85. The van der Waals surface area contributed by atoms with Crippen LogP contribution in [0.25, 0.3) is 0 Å². The summed E-state index contributed by atoms with van der Waals surface area (Å²) in [5.41, 5.74) is 0.357. The Bertz CT molecular complexity index is 416. The highest BCUT2D eigenvalue weighted by molar-refractivity contribution is 5.27. The van der Waals surface area contributed by atoms with Gasteiger partial charge in [0.25, 0.3) is 0 Å². The molecule has 0 amide bonds. The second-order valence-corrected chi connectivity index (χ2v) is 5.02. The number of rotatable bonds is 5. The summed E-state index contributed by atoms with van der Waals surface area (Å²) in [4.78, 5) is 0. The van der Waals surface area contributed by atoms with Crippen molar-refractivity contribution < 1.29 is 4.39 Å². The molecule has 0 bridgehead atoms. The Balaban J connectivity index is 2.89. The van der Waals surface area contributed by atoms with Crippen molar-refractivity contribution in [1.82, 2.24) is 5.32 Å². The zero-order valence-electron chi connectivity index (χ0n) is 11.6. The lowest BCUT2D eigenvalue weighted by atomic mass is 9.77. The summed E-state index contributed by atoms with van der Waals surface area (Å²) in [5, 5.41) is 2.83. The van der Waals surface area contributed by atoms with Gasteiger partial charge >= 0.3 is 0 Å². The van der Waals surface area contributed by atoms with Crippen molar-refractivity contribution >= 4 is 0 Å². The van der Waals surface area contributed by atoms with E-state index in [0.717, 1.165) is 5.56 Å². The monoisotopic (exact) mass is 247 g/mol. The minimum Gasteiger partial charge on any atom is -0.359 e. The topological polar surface area (TPSA) is 12.0 Å². The second-order valence-electron chi connectivity index (χ2n) is 5.02. The molecule has 0 radical (unpaired) electrons. The first-order valence-corrected chi connectivity index (χ1v) is 6.22. The van der Waals surface area contributed by atoms with Crippen LogP contribution in [0.5, 0.6) is 0 Å². The van der Waals surface area contributed by atoms with E-state index in [2.05, 4.69) is 5.32 Å². The third-order valence-corrected chi connectivity index (χ3v) is 3.42. The van der Waals surface area contributed by atoms with Crippen LogP contribution in [0.15, 0.2) is 54.8 Å². The van der Waals surface area contributed by atoms with Crippen molar-refractivity contribution in [2.75, 3.05) is 0 Å². The number of hydrogen-bond acceptors (Lipinski definition) is 1. The molecule has 1 rings (SSSR count). The van der Waals surface area contributed by atoms with Gasteiger partial charge in [0.15, 0.2) is 5.79 Å². The van der Waals surface area contributed by atoms with E-state index in [1.54, 1.807) is 19.2 Å². The van der Waals surface area contributed by atoms with Crippen molar-refractivity contribution in [2.24, 2.45) is 0 Å². The van der Waals surface area contributed by atoms with Gasteiger partial charge in [-0.15, -0.1) is 0 Å². The van der Waals surface area contributed by atoms with Crippen molar-refractivity contribution in [3.05, 3.63) is 60.3 Å². The summed E-state index contributed by atoms with van der Waals surface area (Å²) >= 11 is 0. The Morgan fingerprint density at radius 3 is 2.22 bits per heavy atom. The summed E-state index contributed by atoms with van der Waals surface area (Å²) < 4.78 is 14.8. The van der Waals surface area contributed by atoms with Crippen LogP contribution in [-0.4, -0.2) is 5.79 Å². The lowest BCUT2D eigenvalue weighted by Gasteiger charge is -2.38. The van der Waals surface area contributed by atoms with Gasteiger partial charge in [-0.2, -0.15) is 0 Å². The molecule has 0 fully saturated rings. The first kappa shape index (κ1) is 14.5. The van der Waals surface area contributed by atoms with E-state index in [-0.39, 0.29) is 0 Å². The molecule has 2 heteroatoms. The standard InChI is InChI=1S/C16H22FN/c1-5-6-10-13-18-16(4,17)15(2,3)14-11-8-7-9-12-14/h5-13,18H,1-4H3/b6-5-,13-10-/t16-/m0/s1. The molecule has 1 nitrogen and oxygen atoms in total. The Hall–Kier alpha value is -1.57. The summed E-state index contributed by atoms with van der Waals surface area (Å²) in [6, 6.07) is 9.71. The minimum absolute atomic E-state index is 0.617. The van der Waals surface area contributed by atoms with E-state index in [4.69, 9.17) is 0 Å². The molecular weight excluding hydrogens is 225 g/mol. The zero-order chi connectivity index (χ0) is 13.6. The molecule has 1 aromatic rings. The van der Waals surface area contributed by atoms with Crippen LogP contribution in [0.4, 0.5) is 4.39 Å². The number of alkyl halides is 1. The predicted octanol–water partition coefficient (Wildman–Crippen LogP) is 4.33. The van der Waals surface area contributed by atoms with E-state index in [9.17, 15) is 4.39 Å². The zero-order valence-corrected chi connectivity index (χ0v) is 11.6. The van der Waals surface area contributed by atoms with Crippen molar-refractivity contribution in [3.63, 3.8) is 0 Å². The third-order valence-electron chi connectivity index (χ3n) is 3.42. The minimum atomic E-state index is -1.52. The fraction of sp³-hybridized carbons (Fsp3) is 0.375.